The number of rotatable bonds is 10. The molecule has 4 N–H and O–H groups in total. The number of esters is 4. The third-order valence-electron chi connectivity index (χ3n) is 12.5. The Morgan fingerprint density at radius 2 is 1.61 bits per heavy atom. The molecular weight excluding hydrogens is 770 g/mol. The van der Waals surface area contributed by atoms with Gasteiger partial charge in [0.15, 0.2) is 23.6 Å². The average Bonchev–Trinajstić information content (AvgIpc) is 3.11. The van der Waals surface area contributed by atoms with Crippen LogP contribution < -0.4 is 5.32 Å². The fourth-order valence-corrected chi connectivity index (χ4v) is 9.63. The number of hydrogen-bond acceptors (Lipinski definition) is 15. The van der Waals surface area contributed by atoms with E-state index < -0.39 is 118 Å². The first kappa shape index (κ1) is 45.7. The van der Waals surface area contributed by atoms with Gasteiger partial charge < -0.3 is 49.1 Å². The predicted octanol–water partition coefficient (Wildman–Crippen LogP) is 3.50. The summed E-state index contributed by atoms with van der Waals surface area (Å²) in [7, 11) is 0. The van der Waals surface area contributed by atoms with Gasteiger partial charge in [0.1, 0.15) is 29.5 Å². The summed E-state index contributed by atoms with van der Waals surface area (Å²) >= 11 is 0. The molecule has 11 atom stereocenters. The molecule has 0 unspecified atom stereocenters. The van der Waals surface area contributed by atoms with Gasteiger partial charge in [0.05, 0.1) is 35.6 Å². The highest BCUT2D eigenvalue weighted by Gasteiger charge is 2.78. The quantitative estimate of drug-likeness (QED) is 0.150. The lowest BCUT2D eigenvalue weighted by molar-refractivity contribution is -0.346. The molecule has 2 bridgehead atoms. The Morgan fingerprint density at radius 1 is 0.983 bits per heavy atom. The molecule has 16 heteroatoms. The summed E-state index contributed by atoms with van der Waals surface area (Å²) in [6, 6.07) is 6.66. The van der Waals surface area contributed by atoms with E-state index in [2.05, 4.69) is 5.32 Å². The summed E-state index contributed by atoms with van der Waals surface area (Å²) in [4.78, 5) is 82.3. The minimum atomic E-state index is -2.37. The van der Waals surface area contributed by atoms with E-state index in [0.717, 1.165) is 13.8 Å². The molecule has 4 aliphatic rings. The van der Waals surface area contributed by atoms with Crippen molar-refractivity contribution in [1.29, 1.82) is 0 Å². The lowest BCUT2D eigenvalue weighted by atomic mass is 9.44. The number of ether oxygens (including phenoxy) is 6. The first-order chi connectivity index (χ1) is 27.2. The topological polar surface area (TPSA) is 231 Å². The van der Waals surface area contributed by atoms with Crippen LogP contribution in [0.5, 0.6) is 0 Å². The van der Waals surface area contributed by atoms with Crippen LogP contribution in [0.3, 0.4) is 0 Å². The molecule has 0 radical (unpaired) electrons. The van der Waals surface area contributed by atoms with Gasteiger partial charge in [-0.1, -0.05) is 45.9 Å². The molecule has 3 aliphatic carbocycles. The maximum atomic E-state index is 15.4. The van der Waals surface area contributed by atoms with Crippen molar-refractivity contribution in [3.05, 3.63) is 47.0 Å². The van der Waals surface area contributed by atoms with E-state index in [1.807, 2.05) is 13.8 Å². The van der Waals surface area contributed by atoms with Crippen LogP contribution in [-0.4, -0.2) is 117 Å². The van der Waals surface area contributed by atoms with Crippen LogP contribution in [0.4, 0.5) is 4.79 Å². The molecule has 1 saturated heterocycles. The van der Waals surface area contributed by atoms with Crippen molar-refractivity contribution in [2.75, 3.05) is 6.61 Å². The number of aliphatic hydroxyl groups excluding tert-OH is 2. The van der Waals surface area contributed by atoms with Crippen molar-refractivity contribution < 1.29 is 72.5 Å². The molecule has 59 heavy (non-hydrogen) atoms. The largest absolute Gasteiger partial charge is 0.456 e. The number of amides is 1. The standard InChI is InChI=1S/C43H59NO15/c1-21(2)17-26(44-38(52)59-39(6,7)8)31(48)37(51)56-27-19-43(53)35(57-36(50)25-15-13-12-14-16-25)33-41(11,28(47)18-29-42(33,20-54-29)58-24(5)46)34(49)32(55-23(4)45)30(22(27)3)40(43,9)10/h12-16,21,26-29,31-33,35,47-48,53H,17-20H2,1-11H3,(H,44,52)/t26-,27-,28-,29+,31-,32+,33-,35-,41+,42-,43+/m0/s1. The van der Waals surface area contributed by atoms with Crippen molar-refractivity contribution >= 4 is 35.8 Å². The highest BCUT2D eigenvalue weighted by atomic mass is 16.6. The Balaban J connectivity index is 1.72. The van der Waals surface area contributed by atoms with E-state index in [4.69, 9.17) is 28.4 Å². The van der Waals surface area contributed by atoms with Gasteiger partial charge in [-0.15, -0.1) is 0 Å². The fourth-order valence-electron chi connectivity index (χ4n) is 9.63. The second-order valence-electron chi connectivity index (χ2n) is 18.5. The summed E-state index contributed by atoms with van der Waals surface area (Å²) in [6.45, 7) is 16.6. The molecule has 3 fully saturated rings. The van der Waals surface area contributed by atoms with Gasteiger partial charge in [0.2, 0.25) is 0 Å². The molecule has 16 nitrogen and oxygen atoms in total. The first-order valence-corrected chi connectivity index (χ1v) is 20.0. The minimum absolute atomic E-state index is 0.00510. The van der Waals surface area contributed by atoms with Crippen LogP contribution in [0.1, 0.15) is 106 Å². The van der Waals surface area contributed by atoms with E-state index in [0.29, 0.717) is 0 Å². The van der Waals surface area contributed by atoms with Crippen LogP contribution in [0.15, 0.2) is 41.5 Å². The number of carbonyl (C=O) groups is 6. The van der Waals surface area contributed by atoms with Crippen molar-refractivity contribution in [2.24, 2.45) is 22.7 Å². The van der Waals surface area contributed by atoms with Gasteiger partial charge in [-0.25, -0.2) is 14.4 Å². The van der Waals surface area contributed by atoms with Crippen LogP contribution in [0.25, 0.3) is 0 Å². The number of Topliss-reactive ketones (excluding diaryl/α,β-unsaturated/α-hetero) is 1. The van der Waals surface area contributed by atoms with E-state index in [9.17, 15) is 39.3 Å². The molecule has 1 aromatic rings. The normalized spacial score (nSPS) is 33.4. The summed E-state index contributed by atoms with van der Waals surface area (Å²) in [5.74, 6) is -6.31. The van der Waals surface area contributed by atoms with Crippen LogP contribution in [0.2, 0.25) is 0 Å². The number of hydrogen-bond donors (Lipinski definition) is 4. The molecule has 1 heterocycles. The van der Waals surface area contributed by atoms with Crippen molar-refractivity contribution in [3.63, 3.8) is 0 Å². The van der Waals surface area contributed by atoms with Crippen LogP contribution >= 0.6 is 0 Å². The Bertz CT molecular complexity index is 1870. The van der Waals surface area contributed by atoms with Gasteiger partial charge in [0.25, 0.3) is 0 Å². The molecular formula is C43H59NO15. The van der Waals surface area contributed by atoms with Crippen LogP contribution in [0, 0.1) is 22.7 Å². The number of ketones is 1. The van der Waals surface area contributed by atoms with Crippen molar-refractivity contribution in [1.82, 2.24) is 5.32 Å². The summed E-state index contributed by atoms with van der Waals surface area (Å²) in [5, 5.41) is 39.6. The third kappa shape index (κ3) is 8.25. The van der Waals surface area contributed by atoms with Gasteiger partial charge in [-0.05, 0) is 70.2 Å². The fraction of sp³-hybridized carbons (Fsp3) is 0.674. The van der Waals surface area contributed by atoms with E-state index >= 15 is 4.79 Å². The van der Waals surface area contributed by atoms with Gasteiger partial charge in [-0.2, -0.15) is 0 Å². The number of aliphatic hydroxyl groups is 3. The zero-order chi connectivity index (χ0) is 44.2. The third-order valence-corrected chi connectivity index (χ3v) is 12.5. The number of nitrogens with one attached hydrogen (secondary N) is 1. The molecule has 0 aromatic heterocycles. The van der Waals surface area contributed by atoms with Crippen LogP contribution in [-0.2, 0) is 47.6 Å². The molecule has 2 saturated carbocycles. The molecule has 326 valence electrons. The molecule has 1 amide bonds. The zero-order valence-electron chi connectivity index (χ0n) is 35.7. The SMILES string of the molecule is CC(=O)O[C@H]1C(=O)[C@@]2(C)[C@H]([C@H](OC(=O)c3ccccc3)[C@]3(O)C[C@H](OC(=O)[C@@H](O)[C@H](CC(C)C)NC(=O)OC(C)(C)C)C(C)=C1C3(C)C)[C@]1(OC(C)=O)CO[C@@H]1C[C@@H]2O. The van der Waals surface area contributed by atoms with Gasteiger partial charge in [-0.3, -0.25) is 14.4 Å². The minimum Gasteiger partial charge on any atom is -0.456 e. The summed E-state index contributed by atoms with van der Waals surface area (Å²) in [5.41, 5.74) is -8.45. The highest BCUT2D eigenvalue weighted by Crippen LogP contribution is 2.64. The maximum absolute atomic E-state index is 15.4. The Labute approximate surface area is 344 Å². The van der Waals surface area contributed by atoms with Crippen molar-refractivity contribution in [2.45, 2.75) is 155 Å². The zero-order valence-corrected chi connectivity index (χ0v) is 35.7. The van der Waals surface area contributed by atoms with E-state index in [1.54, 1.807) is 52.8 Å². The second-order valence-corrected chi connectivity index (χ2v) is 18.5. The Kier molecular flexibility index (Phi) is 12.6. The highest BCUT2D eigenvalue weighted by molar-refractivity contribution is 5.95. The number of benzene rings is 1. The molecule has 1 aliphatic heterocycles. The lowest BCUT2D eigenvalue weighted by Gasteiger charge is -2.67. The van der Waals surface area contributed by atoms with Gasteiger partial charge in [0, 0.05) is 32.1 Å². The lowest BCUT2D eigenvalue weighted by Crippen LogP contribution is -2.82. The molecule has 0 spiro atoms. The molecule has 1 aromatic carbocycles. The number of carbonyl (C=O) groups excluding carboxylic acids is 6. The number of fused-ring (bicyclic) bond motifs is 5. The Hall–Kier alpha value is -4.38. The predicted molar refractivity (Wildman–Crippen MR) is 207 cm³/mol. The average molecular weight is 830 g/mol. The monoisotopic (exact) mass is 829 g/mol. The van der Waals surface area contributed by atoms with Crippen molar-refractivity contribution in [3.8, 4) is 0 Å². The Morgan fingerprint density at radius 3 is 2.14 bits per heavy atom. The molecule has 5 rings (SSSR count). The van der Waals surface area contributed by atoms with E-state index in [-0.39, 0.29) is 42.1 Å². The van der Waals surface area contributed by atoms with Gasteiger partial charge >= 0.3 is 30.0 Å². The smallest absolute Gasteiger partial charge is 0.407 e. The first-order valence-electron chi connectivity index (χ1n) is 20.0. The second kappa shape index (κ2) is 16.2. The number of alkyl carbamates (subject to hydrolysis) is 1. The van der Waals surface area contributed by atoms with E-state index in [1.165, 1.54) is 26.0 Å². The summed E-state index contributed by atoms with van der Waals surface area (Å²) < 4.78 is 35.5. The maximum Gasteiger partial charge on any atom is 0.407 e. The summed E-state index contributed by atoms with van der Waals surface area (Å²) in [6.07, 6.45) is -11.1.